The van der Waals surface area contributed by atoms with Gasteiger partial charge in [0.1, 0.15) is 5.69 Å². The van der Waals surface area contributed by atoms with Crippen molar-refractivity contribution in [3.05, 3.63) is 18.0 Å². The second-order valence-electron chi connectivity index (χ2n) is 7.07. The molecule has 0 saturated heterocycles. The van der Waals surface area contributed by atoms with Crippen LogP contribution in [-0.4, -0.2) is 16.5 Å². The van der Waals surface area contributed by atoms with E-state index in [-0.39, 0.29) is 5.91 Å². The van der Waals surface area contributed by atoms with Crippen molar-refractivity contribution in [2.75, 3.05) is 5.73 Å². The van der Waals surface area contributed by atoms with Gasteiger partial charge < -0.3 is 15.6 Å². The number of aromatic nitrogens is 1. The molecule has 2 atom stereocenters. The molecule has 4 heteroatoms. The highest BCUT2D eigenvalue weighted by molar-refractivity contribution is 5.94. The van der Waals surface area contributed by atoms with Gasteiger partial charge in [-0.25, -0.2) is 0 Å². The third-order valence-electron chi connectivity index (χ3n) is 5.03. The number of carbonyl (C=O) groups is 1. The first-order valence-corrected chi connectivity index (χ1v) is 8.34. The monoisotopic (exact) mass is 289 g/mol. The van der Waals surface area contributed by atoms with Crippen LogP contribution in [-0.2, 0) is 0 Å². The van der Waals surface area contributed by atoms with Crippen molar-refractivity contribution in [3.8, 4) is 0 Å². The van der Waals surface area contributed by atoms with Gasteiger partial charge >= 0.3 is 0 Å². The van der Waals surface area contributed by atoms with E-state index in [4.69, 9.17) is 5.73 Å². The molecule has 2 aliphatic rings. The molecule has 2 unspecified atom stereocenters. The second kappa shape index (κ2) is 5.74. The Morgan fingerprint density at radius 3 is 2.67 bits per heavy atom. The van der Waals surface area contributed by atoms with Crippen molar-refractivity contribution >= 4 is 11.6 Å². The third kappa shape index (κ3) is 3.09. The van der Waals surface area contributed by atoms with Gasteiger partial charge in [-0.2, -0.15) is 0 Å². The van der Waals surface area contributed by atoms with Crippen LogP contribution in [0.25, 0.3) is 0 Å². The summed E-state index contributed by atoms with van der Waals surface area (Å²) in [5, 5.41) is 3.29. The Bertz CT molecular complexity index is 516. The maximum Gasteiger partial charge on any atom is 0.268 e. The molecule has 3 rings (SSSR count). The first-order chi connectivity index (χ1) is 10.1. The summed E-state index contributed by atoms with van der Waals surface area (Å²) in [6.45, 7) is 4.53. The summed E-state index contributed by atoms with van der Waals surface area (Å²) >= 11 is 0. The molecule has 2 fully saturated rings. The third-order valence-corrected chi connectivity index (χ3v) is 5.03. The van der Waals surface area contributed by atoms with Crippen LogP contribution in [0, 0.1) is 11.8 Å². The normalized spacial score (nSPS) is 26.0. The molecule has 1 heterocycles. The summed E-state index contributed by atoms with van der Waals surface area (Å²) in [6, 6.07) is 2.62. The minimum atomic E-state index is 0.0520. The molecule has 0 radical (unpaired) electrons. The van der Waals surface area contributed by atoms with E-state index in [1.165, 1.54) is 19.3 Å². The highest BCUT2D eigenvalue weighted by atomic mass is 16.2. The predicted molar refractivity (Wildman–Crippen MR) is 85.2 cm³/mol. The molecule has 116 valence electrons. The average Bonchev–Trinajstić information content (AvgIpc) is 3.21. The number of nitrogens with one attached hydrogen (secondary N) is 1. The standard InChI is InChI=1S/C17H27N3O/c1-11(2)14-5-3-4-6-15(14)19-17(21)16-9-12(18)10-20(16)13-7-8-13/h9-11,13-15H,3-8,18H2,1-2H3,(H,19,21). The molecular formula is C17H27N3O. The van der Waals surface area contributed by atoms with E-state index in [0.717, 1.165) is 25.0 Å². The second-order valence-corrected chi connectivity index (χ2v) is 7.07. The SMILES string of the molecule is CC(C)C1CCCCC1NC(=O)c1cc(N)cn1C1CC1. The molecule has 4 nitrogen and oxygen atoms in total. The van der Waals surface area contributed by atoms with Crippen molar-refractivity contribution in [2.24, 2.45) is 11.8 Å². The lowest BCUT2D eigenvalue weighted by Crippen LogP contribution is -2.44. The molecule has 21 heavy (non-hydrogen) atoms. The molecule has 3 N–H and O–H groups in total. The zero-order chi connectivity index (χ0) is 15.0. The number of hydrogen-bond acceptors (Lipinski definition) is 2. The molecule has 2 aliphatic carbocycles. The summed E-state index contributed by atoms with van der Waals surface area (Å²) < 4.78 is 2.07. The van der Waals surface area contributed by atoms with Crippen LogP contribution in [0.2, 0.25) is 0 Å². The smallest absolute Gasteiger partial charge is 0.268 e. The topological polar surface area (TPSA) is 60.1 Å². The van der Waals surface area contributed by atoms with Gasteiger partial charge in [-0.1, -0.05) is 26.7 Å². The Morgan fingerprint density at radius 2 is 2.00 bits per heavy atom. The van der Waals surface area contributed by atoms with E-state index in [1.54, 1.807) is 0 Å². The maximum atomic E-state index is 12.7. The van der Waals surface area contributed by atoms with Crippen molar-refractivity contribution in [3.63, 3.8) is 0 Å². The summed E-state index contributed by atoms with van der Waals surface area (Å²) in [5.41, 5.74) is 7.32. The Hall–Kier alpha value is -1.45. The molecule has 1 aromatic heterocycles. The molecule has 1 amide bonds. The predicted octanol–water partition coefficient (Wildman–Crippen LogP) is 3.35. The number of nitrogens with zero attached hydrogens (tertiary/aromatic N) is 1. The first kappa shape index (κ1) is 14.5. The number of hydrogen-bond donors (Lipinski definition) is 2. The molecule has 0 aromatic carbocycles. The fourth-order valence-electron chi connectivity index (χ4n) is 3.72. The van der Waals surface area contributed by atoms with E-state index in [0.29, 0.717) is 29.6 Å². The lowest BCUT2D eigenvalue weighted by molar-refractivity contribution is 0.0879. The number of nitrogen functional groups attached to an aromatic ring is 1. The van der Waals surface area contributed by atoms with Crippen LogP contribution < -0.4 is 11.1 Å². The van der Waals surface area contributed by atoms with Gasteiger partial charge in [-0.05, 0) is 43.6 Å². The van der Waals surface area contributed by atoms with Gasteiger partial charge in [-0.15, -0.1) is 0 Å². The summed E-state index contributed by atoms with van der Waals surface area (Å²) in [4.78, 5) is 12.7. The van der Waals surface area contributed by atoms with Crippen LogP contribution in [0.5, 0.6) is 0 Å². The number of rotatable bonds is 4. The van der Waals surface area contributed by atoms with Crippen LogP contribution in [0.1, 0.15) is 68.9 Å². The zero-order valence-electron chi connectivity index (χ0n) is 13.1. The van der Waals surface area contributed by atoms with Gasteiger partial charge in [0.15, 0.2) is 0 Å². The minimum absolute atomic E-state index is 0.0520. The van der Waals surface area contributed by atoms with Crippen molar-refractivity contribution in [1.29, 1.82) is 0 Å². The van der Waals surface area contributed by atoms with E-state index < -0.39 is 0 Å². The van der Waals surface area contributed by atoms with Crippen LogP contribution >= 0.6 is 0 Å². The molecular weight excluding hydrogens is 262 g/mol. The van der Waals surface area contributed by atoms with Crippen LogP contribution in [0.3, 0.4) is 0 Å². The Labute approximate surface area is 127 Å². The van der Waals surface area contributed by atoms with Crippen molar-refractivity contribution in [2.45, 2.75) is 64.5 Å². The van der Waals surface area contributed by atoms with Crippen molar-refractivity contribution < 1.29 is 4.79 Å². The average molecular weight is 289 g/mol. The lowest BCUT2D eigenvalue weighted by Gasteiger charge is -2.35. The Kier molecular flexibility index (Phi) is 3.96. The van der Waals surface area contributed by atoms with Gasteiger partial charge in [-0.3, -0.25) is 4.79 Å². The van der Waals surface area contributed by atoms with E-state index in [2.05, 4.69) is 23.7 Å². The summed E-state index contributed by atoms with van der Waals surface area (Å²) in [6.07, 6.45) is 9.08. The van der Waals surface area contributed by atoms with E-state index >= 15 is 0 Å². The first-order valence-electron chi connectivity index (χ1n) is 8.34. The number of anilines is 1. The van der Waals surface area contributed by atoms with Crippen LogP contribution in [0.4, 0.5) is 5.69 Å². The lowest BCUT2D eigenvalue weighted by atomic mass is 9.78. The minimum Gasteiger partial charge on any atom is -0.397 e. The van der Waals surface area contributed by atoms with Crippen molar-refractivity contribution in [1.82, 2.24) is 9.88 Å². The Balaban J connectivity index is 1.73. The highest BCUT2D eigenvalue weighted by Gasteiger charge is 2.31. The van der Waals surface area contributed by atoms with E-state index in [1.807, 2.05) is 12.3 Å². The van der Waals surface area contributed by atoms with Gasteiger partial charge in [0.2, 0.25) is 0 Å². The fourth-order valence-corrected chi connectivity index (χ4v) is 3.72. The summed E-state index contributed by atoms with van der Waals surface area (Å²) in [7, 11) is 0. The number of carbonyl (C=O) groups excluding carboxylic acids is 1. The van der Waals surface area contributed by atoms with E-state index in [9.17, 15) is 4.79 Å². The quantitative estimate of drug-likeness (QED) is 0.893. The van der Waals surface area contributed by atoms with Gasteiger partial charge in [0.25, 0.3) is 5.91 Å². The maximum absolute atomic E-state index is 12.7. The molecule has 2 saturated carbocycles. The number of nitrogens with two attached hydrogens (primary N) is 1. The fraction of sp³-hybridized carbons (Fsp3) is 0.706. The summed E-state index contributed by atoms with van der Waals surface area (Å²) in [5.74, 6) is 1.27. The molecule has 0 aliphatic heterocycles. The molecule has 0 bridgehead atoms. The Morgan fingerprint density at radius 1 is 1.29 bits per heavy atom. The van der Waals surface area contributed by atoms with Gasteiger partial charge in [0, 0.05) is 18.3 Å². The van der Waals surface area contributed by atoms with Gasteiger partial charge in [0.05, 0.1) is 5.69 Å². The zero-order valence-corrected chi connectivity index (χ0v) is 13.1. The largest absolute Gasteiger partial charge is 0.397 e. The highest BCUT2D eigenvalue weighted by Crippen LogP contribution is 2.37. The number of amides is 1. The molecule has 1 aromatic rings. The molecule has 0 spiro atoms. The van der Waals surface area contributed by atoms with Crippen LogP contribution in [0.15, 0.2) is 12.3 Å².